The number of carbonyl (C=O) groups is 3. The van der Waals surface area contributed by atoms with Crippen LogP contribution in [0.2, 0.25) is 18.1 Å². The van der Waals surface area contributed by atoms with Crippen LogP contribution in [0.3, 0.4) is 0 Å². The Balaban J connectivity index is 2.01. The molecule has 0 aromatic heterocycles. The predicted molar refractivity (Wildman–Crippen MR) is 158 cm³/mol. The number of ether oxygens (including phenoxy) is 2. The number of carbonyl (C=O) groups excluding carboxylic acids is 3. The van der Waals surface area contributed by atoms with Crippen LogP contribution in [0.4, 0.5) is 4.79 Å². The van der Waals surface area contributed by atoms with Crippen LogP contribution in [0.25, 0.3) is 0 Å². The van der Waals surface area contributed by atoms with E-state index >= 15 is 0 Å². The summed E-state index contributed by atoms with van der Waals surface area (Å²) in [4.78, 5) is 41.9. The van der Waals surface area contributed by atoms with Gasteiger partial charge in [0.2, 0.25) is 11.8 Å². The Morgan fingerprint density at radius 2 is 1.73 bits per heavy atom. The Hall–Kier alpha value is -2.59. The summed E-state index contributed by atoms with van der Waals surface area (Å²) in [5.41, 5.74) is 0.225. The van der Waals surface area contributed by atoms with Crippen molar-refractivity contribution in [3.8, 4) is 5.75 Å². The Morgan fingerprint density at radius 1 is 1.10 bits per heavy atom. The highest BCUT2D eigenvalue weighted by Crippen LogP contribution is 2.40. The Kier molecular flexibility index (Phi) is 9.66. The molecule has 0 aliphatic carbocycles. The zero-order chi connectivity index (χ0) is 30.0. The number of nitrogens with zero attached hydrogens (tertiary/aromatic N) is 1. The van der Waals surface area contributed by atoms with Crippen molar-refractivity contribution < 1.29 is 28.3 Å². The molecule has 1 unspecified atom stereocenters. The van der Waals surface area contributed by atoms with Gasteiger partial charge in [-0.25, -0.2) is 4.79 Å². The van der Waals surface area contributed by atoms with Crippen LogP contribution in [0.1, 0.15) is 79.9 Å². The van der Waals surface area contributed by atoms with Crippen LogP contribution >= 0.6 is 0 Å². The van der Waals surface area contributed by atoms with E-state index in [2.05, 4.69) is 44.5 Å². The first-order valence-corrected chi connectivity index (χ1v) is 17.4. The third-order valence-electron chi connectivity index (χ3n) is 8.28. The minimum absolute atomic E-state index is 0.0100. The maximum atomic E-state index is 13.8. The number of amides is 3. The molecule has 10 heteroatoms. The van der Waals surface area contributed by atoms with Crippen molar-refractivity contribution in [1.82, 2.24) is 15.5 Å². The van der Waals surface area contributed by atoms with Gasteiger partial charge in [0.25, 0.3) is 0 Å². The molecule has 3 aliphatic rings. The largest absolute Gasteiger partial charge is 0.488 e. The van der Waals surface area contributed by atoms with E-state index in [1.54, 1.807) is 20.8 Å². The predicted octanol–water partition coefficient (Wildman–Crippen LogP) is 5.17. The zero-order valence-corrected chi connectivity index (χ0v) is 26.9. The van der Waals surface area contributed by atoms with Gasteiger partial charge in [-0.05, 0) is 62.5 Å². The van der Waals surface area contributed by atoms with E-state index in [4.69, 9.17) is 13.9 Å². The number of rotatable bonds is 4. The van der Waals surface area contributed by atoms with Gasteiger partial charge >= 0.3 is 6.09 Å². The molecule has 224 valence electrons. The van der Waals surface area contributed by atoms with Crippen molar-refractivity contribution in [3.05, 3.63) is 29.8 Å². The van der Waals surface area contributed by atoms with E-state index in [1.807, 2.05) is 38.1 Å². The van der Waals surface area contributed by atoms with Gasteiger partial charge in [0.15, 0.2) is 14.4 Å². The third-order valence-corrected chi connectivity index (χ3v) is 12.8. The topological polar surface area (TPSA) is 106 Å². The summed E-state index contributed by atoms with van der Waals surface area (Å²) in [6.45, 7) is 20.8. The fraction of sp³-hybridized carbons (Fsp3) is 0.700. The van der Waals surface area contributed by atoms with Gasteiger partial charge in [-0.3, -0.25) is 14.5 Å². The number of fused-ring (bicyclic) bond motifs is 8. The molecule has 1 aromatic carbocycles. The van der Waals surface area contributed by atoms with Crippen LogP contribution in [0.5, 0.6) is 5.75 Å². The molecule has 3 amide bonds. The average molecular weight is 576 g/mol. The average Bonchev–Trinajstić information content (AvgIpc) is 3.26. The Labute approximate surface area is 240 Å². The van der Waals surface area contributed by atoms with E-state index < -0.39 is 44.1 Å². The molecular formula is C30H49N3O6Si. The van der Waals surface area contributed by atoms with Gasteiger partial charge in [-0.1, -0.05) is 53.2 Å². The summed E-state index contributed by atoms with van der Waals surface area (Å²) in [7, 11) is -2.17. The van der Waals surface area contributed by atoms with Crippen molar-refractivity contribution in [2.24, 2.45) is 5.92 Å². The van der Waals surface area contributed by atoms with Gasteiger partial charge in [0, 0.05) is 19.5 Å². The van der Waals surface area contributed by atoms with E-state index in [0.717, 1.165) is 5.56 Å². The first-order chi connectivity index (χ1) is 18.4. The number of likely N-dealkylation sites (tertiary alicyclic amines) is 1. The highest BCUT2D eigenvalue weighted by Gasteiger charge is 2.46. The van der Waals surface area contributed by atoms with Gasteiger partial charge < -0.3 is 24.5 Å². The highest BCUT2D eigenvalue weighted by atomic mass is 28.4. The van der Waals surface area contributed by atoms with Gasteiger partial charge in [-0.2, -0.15) is 0 Å². The SMILES string of the molecule is CCC(C)[C@@H]1NC(=O)[C@@H]2[C@H](CCN2C(=O)OC(C)(C)C)Oc2ccc(cc2)[C@@H](O[Si](C)(C)C(C)(C)C)CNC1=O. The Morgan fingerprint density at radius 3 is 2.27 bits per heavy atom. The quantitative estimate of drug-likeness (QED) is 0.480. The summed E-state index contributed by atoms with van der Waals surface area (Å²) in [5, 5.41) is 6.01. The van der Waals surface area contributed by atoms with Crippen LogP contribution in [0.15, 0.2) is 24.3 Å². The van der Waals surface area contributed by atoms with Gasteiger partial charge in [0.1, 0.15) is 23.5 Å². The minimum Gasteiger partial charge on any atom is -0.488 e. The minimum atomic E-state index is -2.17. The lowest BCUT2D eigenvalue weighted by Crippen LogP contribution is -2.58. The molecule has 5 atom stereocenters. The first-order valence-electron chi connectivity index (χ1n) is 14.5. The van der Waals surface area contributed by atoms with Crippen LogP contribution in [-0.4, -0.2) is 68.0 Å². The first kappa shape index (κ1) is 31.9. The molecular weight excluding hydrogens is 526 g/mol. The number of hydrogen-bond donors (Lipinski definition) is 2. The number of hydrogen-bond acceptors (Lipinski definition) is 6. The molecule has 3 aliphatic heterocycles. The molecule has 2 N–H and O–H groups in total. The maximum Gasteiger partial charge on any atom is 0.411 e. The van der Waals surface area contributed by atoms with E-state index in [1.165, 1.54) is 4.90 Å². The summed E-state index contributed by atoms with van der Waals surface area (Å²) < 4.78 is 18.7. The fourth-order valence-corrected chi connectivity index (χ4v) is 5.95. The molecule has 2 bridgehead atoms. The van der Waals surface area contributed by atoms with Crippen molar-refractivity contribution in [2.75, 3.05) is 13.1 Å². The zero-order valence-electron chi connectivity index (χ0n) is 25.9. The summed E-state index contributed by atoms with van der Waals surface area (Å²) in [6, 6.07) is 5.90. The monoisotopic (exact) mass is 575 g/mol. The molecule has 1 saturated heterocycles. The normalized spacial score (nSPS) is 25.3. The lowest BCUT2D eigenvalue weighted by molar-refractivity contribution is -0.134. The molecule has 4 rings (SSSR count). The van der Waals surface area contributed by atoms with Gasteiger partial charge in [-0.15, -0.1) is 0 Å². The number of nitrogens with one attached hydrogen (secondary N) is 2. The van der Waals surface area contributed by atoms with Crippen molar-refractivity contribution in [3.63, 3.8) is 0 Å². The second kappa shape index (κ2) is 12.1. The van der Waals surface area contributed by atoms with Crippen molar-refractivity contribution in [2.45, 2.75) is 116 Å². The second-order valence-electron chi connectivity index (χ2n) is 13.6. The van der Waals surface area contributed by atoms with Crippen molar-refractivity contribution >= 4 is 26.2 Å². The summed E-state index contributed by atoms with van der Waals surface area (Å²) in [5.74, 6) is -0.245. The molecule has 1 fully saturated rings. The molecule has 0 spiro atoms. The molecule has 0 saturated carbocycles. The molecule has 9 nitrogen and oxygen atoms in total. The fourth-order valence-electron chi connectivity index (χ4n) is 4.66. The van der Waals surface area contributed by atoms with Crippen LogP contribution in [0, 0.1) is 5.92 Å². The van der Waals surface area contributed by atoms with E-state index in [-0.39, 0.29) is 29.5 Å². The van der Waals surface area contributed by atoms with Crippen LogP contribution in [-0.2, 0) is 18.8 Å². The second-order valence-corrected chi connectivity index (χ2v) is 18.4. The molecule has 1 aromatic rings. The standard InChI is InChI=1S/C30H49N3O6Si/c1-11-19(2)24-26(34)31-18-23(39-40(9,10)30(6,7)8)20-12-14-21(15-13-20)37-22-16-17-33(25(22)27(35)32-24)28(36)38-29(3,4)5/h12-15,19,22-25H,11,16-18H2,1-10H3,(H,31,34)(H,32,35)/t19?,22-,23-,24-,25-/m0/s1. The smallest absolute Gasteiger partial charge is 0.411 e. The lowest BCUT2D eigenvalue weighted by atomic mass is 9.97. The van der Waals surface area contributed by atoms with Crippen molar-refractivity contribution in [1.29, 1.82) is 0 Å². The Bertz CT molecular complexity index is 1060. The lowest BCUT2D eigenvalue weighted by Gasteiger charge is -2.39. The molecule has 40 heavy (non-hydrogen) atoms. The summed E-state index contributed by atoms with van der Waals surface area (Å²) in [6.07, 6.45) is -0.386. The van der Waals surface area contributed by atoms with Gasteiger partial charge in [0.05, 0.1) is 6.10 Å². The van der Waals surface area contributed by atoms with Crippen LogP contribution < -0.4 is 15.4 Å². The molecule has 3 heterocycles. The van der Waals surface area contributed by atoms with E-state index in [9.17, 15) is 14.4 Å². The number of benzene rings is 1. The van der Waals surface area contributed by atoms with E-state index in [0.29, 0.717) is 25.1 Å². The highest BCUT2D eigenvalue weighted by molar-refractivity contribution is 6.74. The maximum absolute atomic E-state index is 13.8. The summed E-state index contributed by atoms with van der Waals surface area (Å²) >= 11 is 0. The molecule has 0 radical (unpaired) electrons. The third kappa shape index (κ3) is 7.57.